The van der Waals surface area contributed by atoms with Crippen molar-refractivity contribution in [2.45, 2.75) is 31.2 Å². The fraction of sp³-hybridized carbons (Fsp3) is 0.435. The van der Waals surface area contributed by atoms with Crippen LogP contribution in [0.25, 0.3) is 0 Å². The van der Waals surface area contributed by atoms with E-state index in [1.54, 1.807) is 7.11 Å². The number of hydrogen-bond donors (Lipinski definition) is 2. The van der Waals surface area contributed by atoms with Gasteiger partial charge in [0.1, 0.15) is 11.5 Å². The largest absolute Gasteiger partial charge is 0.497 e. The van der Waals surface area contributed by atoms with Crippen LogP contribution in [-0.4, -0.2) is 32.7 Å². The third-order valence-electron chi connectivity index (χ3n) is 6.58. The minimum absolute atomic E-state index is 0.176. The molecule has 0 bridgehead atoms. The van der Waals surface area contributed by atoms with Gasteiger partial charge in [0.25, 0.3) is 0 Å². The Kier molecular flexibility index (Phi) is 4.39. The molecule has 3 N–H and O–H groups in total. The number of anilines is 2. The van der Waals surface area contributed by atoms with Crippen LogP contribution in [0, 0.1) is 5.92 Å². The highest BCUT2D eigenvalue weighted by Crippen LogP contribution is 2.57. The highest BCUT2D eigenvalue weighted by molar-refractivity contribution is 6.10. The Hall–Kier alpha value is -2.73. The van der Waals surface area contributed by atoms with Crippen molar-refractivity contribution in [1.29, 1.82) is 0 Å². The summed E-state index contributed by atoms with van der Waals surface area (Å²) in [4.78, 5) is 15.5. The van der Waals surface area contributed by atoms with Crippen molar-refractivity contribution >= 4 is 17.3 Å². The second-order valence-electron chi connectivity index (χ2n) is 8.43. The van der Waals surface area contributed by atoms with Gasteiger partial charge in [-0.15, -0.1) is 0 Å². The van der Waals surface area contributed by atoms with E-state index in [1.165, 1.54) is 0 Å². The molecule has 2 aromatic carbocycles. The van der Waals surface area contributed by atoms with Crippen molar-refractivity contribution in [3.63, 3.8) is 0 Å². The van der Waals surface area contributed by atoms with Gasteiger partial charge < -0.3 is 25.4 Å². The minimum Gasteiger partial charge on any atom is -0.497 e. The van der Waals surface area contributed by atoms with Crippen LogP contribution in [0.4, 0.5) is 11.4 Å². The highest BCUT2D eigenvalue weighted by atomic mass is 16.5. The van der Waals surface area contributed by atoms with Crippen molar-refractivity contribution in [1.82, 2.24) is 5.32 Å². The van der Waals surface area contributed by atoms with Crippen LogP contribution in [0.5, 0.6) is 11.5 Å². The molecule has 0 aromatic heterocycles. The molecule has 152 valence electrons. The van der Waals surface area contributed by atoms with E-state index in [4.69, 9.17) is 15.2 Å². The topological polar surface area (TPSA) is 76.8 Å². The lowest BCUT2D eigenvalue weighted by Gasteiger charge is -2.37. The van der Waals surface area contributed by atoms with Gasteiger partial charge in [-0.2, -0.15) is 0 Å². The summed E-state index contributed by atoms with van der Waals surface area (Å²) in [7, 11) is 1.65. The number of rotatable bonds is 6. The van der Waals surface area contributed by atoms with Gasteiger partial charge in [0, 0.05) is 30.8 Å². The maximum absolute atomic E-state index is 13.6. The number of ether oxygens (including phenoxy) is 2. The van der Waals surface area contributed by atoms with Crippen LogP contribution in [-0.2, 0) is 16.8 Å². The zero-order valence-electron chi connectivity index (χ0n) is 16.7. The maximum Gasteiger partial charge on any atom is 0.238 e. The van der Waals surface area contributed by atoms with Crippen molar-refractivity contribution in [2.75, 3.05) is 37.4 Å². The first-order valence-corrected chi connectivity index (χ1v) is 10.3. The molecule has 3 aliphatic rings. The zero-order valence-corrected chi connectivity index (χ0v) is 16.7. The van der Waals surface area contributed by atoms with Crippen molar-refractivity contribution in [2.24, 2.45) is 5.92 Å². The van der Waals surface area contributed by atoms with Gasteiger partial charge in [-0.3, -0.25) is 4.79 Å². The average Bonchev–Trinajstić information content (AvgIpc) is 2.89. The number of carbonyl (C=O) groups excluding carboxylic acids is 1. The second-order valence-corrected chi connectivity index (χ2v) is 8.43. The van der Waals surface area contributed by atoms with Gasteiger partial charge in [0.2, 0.25) is 5.91 Å². The molecule has 5 rings (SSSR count). The summed E-state index contributed by atoms with van der Waals surface area (Å²) in [6, 6.07) is 11.7. The van der Waals surface area contributed by atoms with E-state index in [2.05, 4.69) is 5.32 Å². The number of carbonyl (C=O) groups is 1. The SMILES string of the molecule is COc1ccc(CN2C(=O)C3(CCC3)c3cc(N)cc(OCC4CNC4)c32)cc1. The summed E-state index contributed by atoms with van der Waals surface area (Å²) < 4.78 is 11.5. The van der Waals surface area contributed by atoms with Crippen LogP contribution in [0.1, 0.15) is 30.4 Å². The molecular weight excluding hydrogens is 366 g/mol. The monoisotopic (exact) mass is 393 g/mol. The molecule has 6 nitrogen and oxygen atoms in total. The number of nitrogens with one attached hydrogen (secondary N) is 1. The summed E-state index contributed by atoms with van der Waals surface area (Å²) in [5, 5.41) is 3.27. The van der Waals surface area contributed by atoms with Crippen LogP contribution < -0.4 is 25.4 Å². The Balaban J connectivity index is 1.51. The Morgan fingerprint density at radius 2 is 1.97 bits per heavy atom. The molecule has 2 heterocycles. The van der Waals surface area contributed by atoms with Crippen LogP contribution >= 0.6 is 0 Å². The summed E-state index contributed by atoms with van der Waals surface area (Å²) in [5.74, 6) is 2.23. The molecule has 1 amide bonds. The van der Waals surface area contributed by atoms with Crippen LogP contribution in [0.3, 0.4) is 0 Å². The Bertz CT molecular complexity index is 933. The molecule has 1 spiro atoms. The average molecular weight is 393 g/mol. The van der Waals surface area contributed by atoms with Gasteiger partial charge in [-0.25, -0.2) is 0 Å². The first kappa shape index (κ1) is 18.3. The highest BCUT2D eigenvalue weighted by Gasteiger charge is 2.55. The molecule has 2 fully saturated rings. The van der Waals surface area contributed by atoms with E-state index in [1.807, 2.05) is 41.3 Å². The van der Waals surface area contributed by atoms with Crippen molar-refractivity contribution in [3.05, 3.63) is 47.5 Å². The van der Waals surface area contributed by atoms with E-state index >= 15 is 0 Å². The van der Waals surface area contributed by atoms with E-state index in [-0.39, 0.29) is 5.91 Å². The molecule has 2 aliphatic heterocycles. The number of nitrogens with two attached hydrogens (primary N) is 1. The fourth-order valence-corrected chi connectivity index (χ4v) is 4.61. The van der Waals surface area contributed by atoms with Gasteiger partial charge in [0.15, 0.2) is 0 Å². The minimum atomic E-state index is -0.423. The Morgan fingerprint density at radius 3 is 2.55 bits per heavy atom. The molecule has 0 radical (unpaired) electrons. The number of nitrogen functional groups attached to an aromatic ring is 1. The molecule has 0 atom stereocenters. The number of amides is 1. The first-order valence-electron chi connectivity index (χ1n) is 10.3. The quantitative estimate of drug-likeness (QED) is 0.738. The van der Waals surface area contributed by atoms with Crippen LogP contribution in [0.2, 0.25) is 0 Å². The fourth-order valence-electron chi connectivity index (χ4n) is 4.61. The van der Waals surface area contributed by atoms with Crippen molar-refractivity contribution < 1.29 is 14.3 Å². The summed E-state index contributed by atoms with van der Waals surface area (Å²) in [5.41, 5.74) is 9.48. The predicted molar refractivity (Wildman–Crippen MR) is 112 cm³/mol. The number of hydrogen-bond acceptors (Lipinski definition) is 5. The smallest absolute Gasteiger partial charge is 0.238 e. The van der Waals surface area contributed by atoms with Gasteiger partial charge in [-0.1, -0.05) is 18.6 Å². The van der Waals surface area contributed by atoms with Gasteiger partial charge in [-0.05, 0) is 42.2 Å². The molecular formula is C23H27N3O3. The Morgan fingerprint density at radius 1 is 1.21 bits per heavy atom. The standard InChI is InChI=1S/C23H27N3O3/c1-28-18-5-3-15(4-6-18)13-26-21-19(23(22(26)27)7-2-8-23)9-17(24)10-20(21)29-14-16-11-25-12-16/h3-6,9-10,16,25H,2,7-8,11-14,24H2,1H3. The number of benzene rings is 2. The number of nitrogens with zero attached hydrogens (tertiary/aromatic N) is 1. The van der Waals surface area contributed by atoms with E-state index in [9.17, 15) is 4.79 Å². The van der Waals surface area contributed by atoms with E-state index in [0.717, 1.165) is 60.7 Å². The third-order valence-corrected chi connectivity index (χ3v) is 6.58. The lowest BCUT2D eigenvalue weighted by atomic mass is 9.65. The molecule has 1 saturated heterocycles. The maximum atomic E-state index is 13.6. The molecule has 1 saturated carbocycles. The normalized spacial score (nSPS) is 19.6. The molecule has 29 heavy (non-hydrogen) atoms. The predicted octanol–water partition coefficient (Wildman–Crippen LogP) is 2.84. The molecule has 1 aliphatic carbocycles. The molecule has 2 aromatic rings. The first-order chi connectivity index (χ1) is 14.1. The van der Waals surface area contributed by atoms with E-state index < -0.39 is 5.41 Å². The third kappa shape index (κ3) is 2.94. The number of fused-ring (bicyclic) bond motifs is 2. The summed E-state index contributed by atoms with van der Waals surface area (Å²) >= 11 is 0. The van der Waals surface area contributed by atoms with Gasteiger partial charge in [0.05, 0.1) is 31.4 Å². The lowest BCUT2D eigenvalue weighted by Crippen LogP contribution is -2.45. The van der Waals surface area contributed by atoms with E-state index in [0.29, 0.717) is 24.8 Å². The summed E-state index contributed by atoms with van der Waals surface area (Å²) in [6.07, 6.45) is 2.83. The van der Waals surface area contributed by atoms with Gasteiger partial charge >= 0.3 is 0 Å². The zero-order chi connectivity index (χ0) is 20.0. The lowest BCUT2D eigenvalue weighted by molar-refractivity contribution is -0.126. The second kappa shape index (κ2) is 6.95. The molecule has 6 heteroatoms. The summed E-state index contributed by atoms with van der Waals surface area (Å²) in [6.45, 7) is 3.11. The molecule has 0 unspecified atom stereocenters. The number of methoxy groups -OCH3 is 1. The Labute approximate surface area is 171 Å². The van der Waals surface area contributed by atoms with Crippen molar-refractivity contribution in [3.8, 4) is 11.5 Å². The van der Waals surface area contributed by atoms with Crippen LogP contribution in [0.15, 0.2) is 36.4 Å².